The van der Waals surface area contributed by atoms with E-state index in [1.165, 1.54) is 7.11 Å². The highest BCUT2D eigenvalue weighted by Gasteiger charge is 2.80. The van der Waals surface area contributed by atoms with Crippen molar-refractivity contribution < 1.29 is 18.9 Å². The van der Waals surface area contributed by atoms with Gasteiger partial charge in [-0.1, -0.05) is 13.0 Å². The van der Waals surface area contributed by atoms with Crippen LogP contribution in [0, 0.1) is 62.1 Å². The van der Waals surface area contributed by atoms with Crippen molar-refractivity contribution in [2.45, 2.75) is 45.0 Å². The minimum atomic E-state index is -1.96. The van der Waals surface area contributed by atoms with Crippen LogP contribution in [-0.2, 0) is 9.47 Å². The third kappa shape index (κ3) is 2.51. The fraction of sp³-hybridized carbons (Fsp3) is 0.565. The first kappa shape index (κ1) is 21.0. The van der Waals surface area contributed by atoms with E-state index in [2.05, 4.69) is 25.1 Å². The van der Waals surface area contributed by atoms with Crippen molar-refractivity contribution in [2.75, 3.05) is 13.7 Å². The van der Waals surface area contributed by atoms with Gasteiger partial charge < -0.3 is 18.9 Å². The Morgan fingerprint density at radius 3 is 2.55 bits per heavy atom. The maximum Gasteiger partial charge on any atom is 0.217 e. The zero-order chi connectivity index (χ0) is 22.4. The van der Waals surface area contributed by atoms with E-state index in [1.54, 1.807) is 18.2 Å². The summed E-state index contributed by atoms with van der Waals surface area (Å²) in [5, 5.41) is 39.6. The number of nitrogens with one attached hydrogen (secondary N) is 1. The van der Waals surface area contributed by atoms with Crippen LogP contribution in [0.1, 0.15) is 44.8 Å². The maximum absolute atomic E-state index is 10.4. The Morgan fingerprint density at radius 2 is 1.94 bits per heavy atom. The number of hydrogen-bond acceptors (Lipinski definition) is 8. The largest absolute Gasteiger partial charge is 0.493 e. The van der Waals surface area contributed by atoms with E-state index in [0.717, 1.165) is 6.42 Å². The smallest absolute Gasteiger partial charge is 0.217 e. The molecule has 1 saturated carbocycles. The number of rotatable bonds is 4. The van der Waals surface area contributed by atoms with Gasteiger partial charge in [-0.3, -0.25) is 5.41 Å². The summed E-state index contributed by atoms with van der Waals surface area (Å²) in [7, 11) is 1.50. The lowest BCUT2D eigenvalue weighted by molar-refractivity contribution is -0.298. The summed E-state index contributed by atoms with van der Waals surface area (Å²) in [6.07, 6.45) is 0.735. The first-order valence-electron chi connectivity index (χ1n) is 10.4. The van der Waals surface area contributed by atoms with Crippen LogP contribution in [0.5, 0.6) is 11.5 Å². The molecule has 160 valence electrons. The van der Waals surface area contributed by atoms with Gasteiger partial charge in [-0.25, -0.2) is 0 Å². The van der Waals surface area contributed by atoms with Gasteiger partial charge in [0.15, 0.2) is 16.9 Å². The van der Waals surface area contributed by atoms with Gasteiger partial charge in [-0.2, -0.15) is 15.8 Å². The molecule has 0 radical (unpaired) electrons. The van der Waals surface area contributed by atoms with Crippen LogP contribution < -0.4 is 9.47 Å². The molecule has 5 atom stereocenters. The van der Waals surface area contributed by atoms with E-state index in [0.29, 0.717) is 36.5 Å². The van der Waals surface area contributed by atoms with E-state index >= 15 is 0 Å². The first-order valence-corrected chi connectivity index (χ1v) is 10.4. The van der Waals surface area contributed by atoms with Gasteiger partial charge >= 0.3 is 0 Å². The second-order valence-corrected chi connectivity index (χ2v) is 8.47. The molecule has 2 heterocycles. The van der Waals surface area contributed by atoms with E-state index in [-0.39, 0.29) is 11.8 Å². The van der Waals surface area contributed by atoms with Crippen molar-refractivity contribution in [3.8, 4) is 29.7 Å². The third-order valence-corrected chi connectivity index (χ3v) is 6.96. The molecule has 8 heteroatoms. The van der Waals surface area contributed by atoms with Crippen LogP contribution in [-0.4, -0.2) is 25.4 Å². The molecule has 2 saturated heterocycles. The summed E-state index contributed by atoms with van der Waals surface area (Å²) in [5.74, 6) is -0.903. The molecule has 1 aromatic rings. The molecule has 5 unspecified atom stereocenters. The van der Waals surface area contributed by atoms with Gasteiger partial charge in [-0.15, -0.1) is 0 Å². The summed E-state index contributed by atoms with van der Waals surface area (Å²) in [6, 6.07) is 11.4. The number of nitriles is 3. The van der Waals surface area contributed by atoms with Crippen LogP contribution in [0.15, 0.2) is 18.2 Å². The first-order chi connectivity index (χ1) is 14.9. The number of ether oxygens (including phenoxy) is 4. The van der Waals surface area contributed by atoms with Crippen LogP contribution in [0.2, 0.25) is 0 Å². The topological polar surface area (TPSA) is 132 Å². The molecule has 4 rings (SSSR count). The molecule has 3 fully saturated rings. The van der Waals surface area contributed by atoms with Gasteiger partial charge in [0.2, 0.25) is 17.1 Å². The molecule has 1 aromatic carbocycles. The fourth-order valence-corrected chi connectivity index (χ4v) is 5.45. The van der Waals surface area contributed by atoms with Crippen LogP contribution in [0.25, 0.3) is 0 Å². The predicted molar refractivity (Wildman–Crippen MR) is 108 cm³/mol. The van der Waals surface area contributed by atoms with Crippen molar-refractivity contribution in [1.82, 2.24) is 0 Å². The lowest BCUT2D eigenvalue weighted by Crippen LogP contribution is -2.60. The summed E-state index contributed by atoms with van der Waals surface area (Å²) < 4.78 is 23.4. The van der Waals surface area contributed by atoms with Crippen LogP contribution >= 0.6 is 0 Å². The quantitative estimate of drug-likeness (QED) is 0.782. The standard InChI is InChI=1S/C23H24N4O4/c1-4-29-16-6-5-15(10-17(16)28-3)19-21(11-24,12-25)22(13-26)18-9-14(2)7-8-23(18,30-19)31-20(22)27/h5-6,10,14,18-19,27H,4,7-9H2,1-3H3. The molecule has 31 heavy (non-hydrogen) atoms. The number of nitrogens with zero attached hydrogens (tertiary/aromatic N) is 3. The van der Waals surface area contributed by atoms with Gasteiger partial charge in [-0.05, 0) is 43.4 Å². The predicted octanol–water partition coefficient (Wildman–Crippen LogP) is 3.85. The molecule has 2 bridgehead atoms. The molecule has 1 N–H and O–H groups in total. The van der Waals surface area contributed by atoms with Gasteiger partial charge in [0.05, 0.1) is 37.8 Å². The van der Waals surface area contributed by atoms with Crippen LogP contribution in [0.4, 0.5) is 0 Å². The molecule has 8 nitrogen and oxygen atoms in total. The molecule has 1 aliphatic carbocycles. The van der Waals surface area contributed by atoms with E-state index in [4.69, 9.17) is 24.4 Å². The van der Waals surface area contributed by atoms with Crippen molar-refractivity contribution in [2.24, 2.45) is 22.7 Å². The maximum atomic E-state index is 10.4. The molecule has 0 spiro atoms. The Balaban J connectivity index is 1.94. The Hall–Kier alpha value is -3.28. The molecule has 0 amide bonds. The SMILES string of the molecule is CCOc1ccc(C2OC34CCC(C)CC3C(C#N)(C(=N)O4)C2(C#N)C#N)cc1OC. The highest BCUT2D eigenvalue weighted by atomic mass is 16.7. The minimum absolute atomic E-state index is 0.265. The number of methoxy groups -OCH3 is 1. The Kier molecular flexibility index (Phi) is 4.84. The average molecular weight is 420 g/mol. The zero-order valence-corrected chi connectivity index (χ0v) is 17.8. The second-order valence-electron chi connectivity index (χ2n) is 8.47. The molecule has 2 aliphatic heterocycles. The van der Waals surface area contributed by atoms with Crippen LogP contribution in [0.3, 0.4) is 0 Å². The summed E-state index contributed by atoms with van der Waals surface area (Å²) >= 11 is 0. The Bertz CT molecular complexity index is 1040. The highest BCUT2D eigenvalue weighted by Crippen LogP contribution is 2.70. The van der Waals surface area contributed by atoms with Crippen molar-refractivity contribution in [3.63, 3.8) is 0 Å². The Labute approximate surface area is 181 Å². The zero-order valence-electron chi connectivity index (χ0n) is 17.8. The minimum Gasteiger partial charge on any atom is -0.493 e. The lowest BCUT2D eigenvalue weighted by Gasteiger charge is -2.52. The van der Waals surface area contributed by atoms with E-state index < -0.39 is 28.6 Å². The molecular weight excluding hydrogens is 396 g/mol. The van der Waals surface area contributed by atoms with Gasteiger partial charge in [0.1, 0.15) is 6.10 Å². The second kappa shape index (κ2) is 7.15. The normalized spacial score (nSPS) is 35.0. The molecular formula is C23H24N4O4. The summed E-state index contributed by atoms with van der Waals surface area (Å²) in [5.41, 5.74) is -3.18. The highest BCUT2D eigenvalue weighted by molar-refractivity contribution is 5.89. The van der Waals surface area contributed by atoms with Gasteiger partial charge in [0.25, 0.3) is 0 Å². The number of hydrogen-bond donors (Lipinski definition) is 1. The summed E-state index contributed by atoms with van der Waals surface area (Å²) in [6.45, 7) is 4.36. The number of benzene rings is 1. The molecule has 3 aliphatic rings. The van der Waals surface area contributed by atoms with Crippen molar-refractivity contribution in [3.05, 3.63) is 23.8 Å². The van der Waals surface area contributed by atoms with E-state index in [9.17, 15) is 15.8 Å². The Morgan fingerprint density at radius 1 is 1.19 bits per heavy atom. The monoisotopic (exact) mass is 420 g/mol. The van der Waals surface area contributed by atoms with Crippen molar-refractivity contribution in [1.29, 1.82) is 21.2 Å². The fourth-order valence-electron chi connectivity index (χ4n) is 5.45. The third-order valence-electron chi connectivity index (χ3n) is 6.96. The average Bonchev–Trinajstić information content (AvgIpc) is 2.97. The van der Waals surface area contributed by atoms with E-state index in [1.807, 2.05) is 6.92 Å². The lowest BCUT2D eigenvalue weighted by atomic mass is 9.50. The molecule has 0 aromatic heterocycles. The van der Waals surface area contributed by atoms with Gasteiger partial charge in [0, 0.05) is 6.42 Å². The van der Waals surface area contributed by atoms with Crippen molar-refractivity contribution >= 4 is 5.90 Å². The summed E-state index contributed by atoms with van der Waals surface area (Å²) in [4.78, 5) is 0.